The molecule has 0 aliphatic heterocycles. The Labute approximate surface area is 220 Å². The maximum atomic E-state index is 13.2. The highest BCUT2D eigenvalue weighted by atomic mass is 32.2. The molecule has 192 valence electrons. The number of aryl methyl sites for hydroxylation is 1. The van der Waals surface area contributed by atoms with Crippen LogP contribution >= 0.6 is 0 Å². The van der Waals surface area contributed by atoms with E-state index in [9.17, 15) is 13.7 Å². The van der Waals surface area contributed by atoms with Crippen molar-refractivity contribution < 1.29 is 12.8 Å². The number of hydrogen-bond donors (Lipinski definition) is 0. The Morgan fingerprint density at radius 2 is 1.89 bits per heavy atom. The number of aromatic nitrogens is 5. The van der Waals surface area contributed by atoms with Gasteiger partial charge in [-0.1, -0.05) is 12.1 Å². The average Bonchev–Trinajstić information content (AvgIpc) is 3.53. The molecule has 0 aliphatic carbocycles. The van der Waals surface area contributed by atoms with Crippen LogP contribution in [-0.4, -0.2) is 39.4 Å². The zero-order valence-electron chi connectivity index (χ0n) is 21.3. The Kier molecular flexibility index (Phi) is 6.42. The topological polar surface area (TPSA) is 131 Å². The summed E-state index contributed by atoms with van der Waals surface area (Å²) in [4.78, 5) is 13.5. The van der Waals surface area contributed by atoms with Crippen LogP contribution in [0.5, 0.6) is 0 Å². The highest BCUT2D eigenvalue weighted by Gasteiger charge is 2.30. The van der Waals surface area contributed by atoms with Crippen LogP contribution in [0.15, 0.2) is 65.7 Å². The number of nitrogens with zero attached hydrogens (tertiary/aromatic N) is 7. The van der Waals surface area contributed by atoms with Crippen molar-refractivity contribution >= 4 is 26.8 Å². The molecule has 0 radical (unpaired) electrons. The van der Waals surface area contributed by atoms with Crippen LogP contribution in [0.1, 0.15) is 36.6 Å². The Balaban J connectivity index is 1.68. The fourth-order valence-corrected chi connectivity index (χ4v) is 5.22. The molecule has 5 rings (SSSR count). The molecule has 0 amide bonds. The van der Waals surface area contributed by atoms with Crippen molar-refractivity contribution in [1.82, 2.24) is 24.7 Å². The monoisotopic (exact) mass is 527 g/mol. The zero-order valence-corrected chi connectivity index (χ0v) is 22.1. The summed E-state index contributed by atoms with van der Waals surface area (Å²) in [6.07, 6.45) is 7.53. The summed E-state index contributed by atoms with van der Waals surface area (Å²) < 4.78 is 35.1. The third kappa shape index (κ3) is 4.50. The summed E-state index contributed by atoms with van der Waals surface area (Å²) in [5, 5.41) is 14.8. The van der Waals surface area contributed by atoms with Crippen LogP contribution in [0.3, 0.4) is 0 Å². The minimum atomic E-state index is -3.87. The minimum Gasteiger partial charge on any atom is -0.460 e. The maximum absolute atomic E-state index is 13.2. The number of hydrogen-bond acceptors (Lipinski definition) is 8. The van der Waals surface area contributed by atoms with Crippen LogP contribution in [0, 0.1) is 18.3 Å². The van der Waals surface area contributed by atoms with Crippen molar-refractivity contribution in [2.45, 2.75) is 33.4 Å². The van der Waals surface area contributed by atoms with E-state index < -0.39 is 10.0 Å². The van der Waals surface area contributed by atoms with Crippen LogP contribution < -0.4 is 4.31 Å². The molecule has 5 heterocycles. The lowest BCUT2D eigenvalue weighted by Crippen LogP contribution is -2.30. The molecule has 0 unspecified atom stereocenters. The lowest BCUT2D eigenvalue weighted by Gasteiger charge is -2.25. The zero-order chi connectivity index (χ0) is 27.0. The van der Waals surface area contributed by atoms with Crippen molar-refractivity contribution in [3.63, 3.8) is 0 Å². The first-order chi connectivity index (χ1) is 18.2. The summed E-state index contributed by atoms with van der Waals surface area (Å²) >= 11 is 0. The molecule has 0 atom stereocenters. The van der Waals surface area contributed by atoms with E-state index in [4.69, 9.17) is 9.40 Å². The predicted molar refractivity (Wildman–Crippen MR) is 144 cm³/mol. The molecule has 5 aromatic rings. The van der Waals surface area contributed by atoms with Gasteiger partial charge in [0, 0.05) is 24.5 Å². The van der Waals surface area contributed by atoms with E-state index >= 15 is 0 Å². The summed E-state index contributed by atoms with van der Waals surface area (Å²) in [5.41, 5.74) is 4.66. The third-order valence-electron chi connectivity index (χ3n) is 6.10. The second-order valence-electron chi connectivity index (χ2n) is 9.18. The molecule has 0 N–H and O–H groups in total. The number of furan rings is 1. The molecule has 0 fully saturated rings. The van der Waals surface area contributed by atoms with Gasteiger partial charge in [-0.2, -0.15) is 10.4 Å². The lowest BCUT2D eigenvalue weighted by atomic mass is 10.1. The maximum Gasteiger partial charge on any atom is 0.232 e. The van der Waals surface area contributed by atoms with Crippen molar-refractivity contribution in [2.24, 2.45) is 0 Å². The second kappa shape index (κ2) is 9.72. The molecule has 0 saturated carbocycles. The summed E-state index contributed by atoms with van der Waals surface area (Å²) in [6, 6.07) is 13.0. The van der Waals surface area contributed by atoms with Crippen LogP contribution in [0.25, 0.3) is 33.9 Å². The van der Waals surface area contributed by atoms with E-state index in [1.54, 1.807) is 41.5 Å². The normalized spacial score (nSPS) is 11.7. The SMILES string of the molecule is Cc1cnn(C(C)C)c1-c1nc2ccoc2c(N(Cc2ccc(-c3ccccn3)nc2)S(C)(=O)=O)c1C#N. The smallest absolute Gasteiger partial charge is 0.232 e. The number of sulfonamides is 1. The highest BCUT2D eigenvalue weighted by molar-refractivity contribution is 7.92. The standard InChI is InChI=1S/C27H25N7O3S/c1-17(2)34-25(18(3)14-31-34)24-20(13-28)26(27-23(32-24)10-12-37-27)33(38(4,35)36)16-19-8-9-22(30-15-19)21-7-5-6-11-29-21/h5-12,14-15,17H,16H2,1-4H3. The number of fused-ring (bicyclic) bond motifs is 1. The van der Waals surface area contributed by atoms with E-state index in [1.165, 1.54) is 10.6 Å². The Morgan fingerprint density at radius 3 is 2.53 bits per heavy atom. The molecule has 0 aliphatic rings. The Bertz CT molecular complexity index is 1770. The van der Waals surface area contributed by atoms with E-state index in [0.717, 1.165) is 11.8 Å². The van der Waals surface area contributed by atoms with Gasteiger partial charge in [-0.15, -0.1) is 0 Å². The molecule has 5 aromatic heterocycles. The fourth-order valence-electron chi connectivity index (χ4n) is 4.33. The molecule has 38 heavy (non-hydrogen) atoms. The van der Waals surface area contributed by atoms with Crippen LogP contribution in [0.2, 0.25) is 0 Å². The molecule has 0 spiro atoms. The third-order valence-corrected chi connectivity index (χ3v) is 7.21. The first kappa shape index (κ1) is 25.1. The second-order valence-corrected chi connectivity index (χ2v) is 11.1. The van der Waals surface area contributed by atoms with E-state index in [0.29, 0.717) is 33.9 Å². The number of pyridine rings is 3. The van der Waals surface area contributed by atoms with Crippen molar-refractivity contribution in [2.75, 3.05) is 10.6 Å². The van der Waals surface area contributed by atoms with Crippen molar-refractivity contribution in [1.29, 1.82) is 5.26 Å². The molecule has 0 bridgehead atoms. The van der Waals surface area contributed by atoms with Gasteiger partial charge in [0.05, 0.1) is 42.3 Å². The first-order valence-corrected chi connectivity index (χ1v) is 13.7. The molecule has 11 heteroatoms. The Hall–Kier alpha value is -4.56. The summed E-state index contributed by atoms with van der Waals surface area (Å²) in [5.74, 6) is 0. The van der Waals surface area contributed by atoms with Crippen LogP contribution in [0.4, 0.5) is 5.69 Å². The van der Waals surface area contributed by atoms with Crippen molar-refractivity contribution in [3.05, 3.63) is 77.9 Å². The number of anilines is 1. The van der Waals surface area contributed by atoms with Gasteiger partial charge in [0.15, 0.2) is 5.58 Å². The molecular formula is C27H25N7O3S. The van der Waals surface area contributed by atoms with Crippen molar-refractivity contribution in [3.8, 4) is 28.8 Å². The van der Waals surface area contributed by atoms with E-state index in [1.807, 2.05) is 39.0 Å². The van der Waals surface area contributed by atoms with Gasteiger partial charge in [-0.05, 0) is 50.1 Å². The predicted octanol–water partition coefficient (Wildman–Crippen LogP) is 4.88. The van der Waals surface area contributed by atoms with E-state index in [2.05, 4.69) is 21.1 Å². The first-order valence-electron chi connectivity index (χ1n) is 11.9. The van der Waals surface area contributed by atoms with Gasteiger partial charge in [0.2, 0.25) is 10.0 Å². The number of rotatable bonds is 7. The van der Waals surface area contributed by atoms with Gasteiger partial charge in [-0.25, -0.2) is 13.4 Å². The highest BCUT2D eigenvalue weighted by Crippen LogP contribution is 2.39. The number of nitriles is 1. The molecule has 0 saturated heterocycles. The van der Waals surface area contributed by atoms with Gasteiger partial charge >= 0.3 is 0 Å². The summed E-state index contributed by atoms with van der Waals surface area (Å²) in [7, 11) is -3.87. The van der Waals surface area contributed by atoms with Gasteiger partial charge < -0.3 is 4.42 Å². The van der Waals surface area contributed by atoms with E-state index in [-0.39, 0.29) is 29.4 Å². The van der Waals surface area contributed by atoms with Gasteiger partial charge in [0.25, 0.3) is 0 Å². The summed E-state index contributed by atoms with van der Waals surface area (Å²) in [6.45, 7) is 5.77. The average molecular weight is 528 g/mol. The Morgan fingerprint density at radius 1 is 1.11 bits per heavy atom. The van der Waals surface area contributed by atoms with Gasteiger partial charge in [-0.3, -0.25) is 19.0 Å². The van der Waals surface area contributed by atoms with Gasteiger partial charge in [0.1, 0.15) is 28.5 Å². The molecule has 10 nitrogen and oxygen atoms in total. The quantitative estimate of drug-likeness (QED) is 0.293. The fraction of sp³-hybridized carbons (Fsp3) is 0.222. The molecular weight excluding hydrogens is 502 g/mol. The van der Waals surface area contributed by atoms with Crippen LogP contribution in [-0.2, 0) is 16.6 Å². The molecule has 0 aromatic carbocycles. The minimum absolute atomic E-state index is 0.00903. The lowest BCUT2D eigenvalue weighted by molar-refractivity contribution is 0.537. The largest absolute Gasteiger partial charge is 0.460 e.